The summed E-state index contributed by atoms with van der Waals surface area (Å²) in [7, 11) is 1.66. The third-order valence-electron chi connectivity index (χ3n) is 4.22. The molecule has 3 rings (SSSR count). The molecule has 94 valence electrons. The zero-order chi connectivity index (χ0) is 12.6. The van der Waals surface area contributed by atoms with Crippen molar-refractivity contribution < 1.29 is 9.47 Å². The molecule has 18 heavy (non-hydrogen) atoms. The average Bonchev–Trinajstić information content (AvgIpc) is 3.00. The molecule has 2 fully saturated rings. The lowest BCUT2D eigenvalue weighted by atomic mass is 9.71. The summed E-state index contributed by atoms with van der Waals surface area (Å²) in [4.78, 5) is 0. The van der Waals surface area contributed by atoms with Crippen molar-refractivity contribution in [2.45, 2.75) is 37.9 Å². The van der Waals surface area contributed by atoms with E-state index in [9.17, 15) is 5.26 Å². The van der Waals surface area contributed by atoms with Gasteiger partial charge in [-0.05, 0) is 43.4 Å². The number of ether oxygens (including phenoxy) is 2. The van der Waals surface area contributed by atoms with E-state index in [0.717, 1.165) is 31.4 Å². The van der Waals surface area contributed by atoms with E-state index in [1.165, 1.54) is 5.56 Å². The average molecular weight is 243 g/mol. The number of rotatable bonds is 3. The molecule has 2 heterocycles. The third-order valence-corrected chi connectivity index (χ3v) is 4.22. The predicted octanol–water partition coefficient (Wildman–Crippen LogP) is 2.70. The van der Waals surface area contributed by atoms with E-state index < -0.39 is 0 Å². The Hall–Kier alpha value is -1.53. The maximum atomic E-state index is 9.55. The van der Waals surface area contributed by atoms with Crippen LogP contribution in [0.2, 0.25) is 0 Å². The van der Waals surface area contributed by atoms with E-state index >= 15 is 0 Å². The van der Waals surface area contributed by atoms with Crippen LogP contribution in [-0.2, 0) is 11.2 Å². The molecule has 3 unspecified atom stereocenters. The Labute approximate surface area is 107 Å². The van der Waals surface area contributed by atoms with Crippen molar-refractivity contribution in [2.24, 2.45) is 5.41 Å². The summed E-state index contributed by atoms with van der Waals surface area (Å²) in [6.45, 7) is 0. The van der Waals surface area contributed by atoms with Gasteiger partial charge in [-0.1, -0.05) is 12.1 Å². The molecule has 2 bridgehead atoms. The monoisotopic (exact) mass is 243 g/mol. The zero-order valence-corrected chi connectivity index (χ0v) is 10.6. The minimum Gasteiger partial charge on any atom is -0.497 e. The van der Waals surface area contributed by atoms with E-state index in [4.69, 9.17) is 9.47 Å². The van der Waals surface area contributed by atoms with Crippen LogP contribution < -0.4 is 4.74 Å². The standard InChI is InChI=1S/C15H17NO2/c1-17-12-4-2-11(3-5-12)8-15(10-16)9-13-6-7-14(15)18-13/h2-5,13-14H,6-9H2,1H3. The second-order valence-electron chi connectivity index (χ2n) is 5.32. The molecule has 0 amide bonds. The number of hydrogen-bond acceptors (Lipinski definition) is 3. The highest BCUT2D eigenvalue weighted by Crippen LogP contribution is 2.49. The van der Waals surface area contributed by atoms with Crippen LogP contribution in [0.1, 0.15) is 24.8 Å². The summed E-state index contributed by atoms with van der Waals surface area (Å²) in [6, 6.07) is 10.5. The van der Waals surface area contributed by atoms with Crippen LogP contribution in [0.25, 0.3) is 0 Å². The van der Waals surface area contributed by atoms with Crippen LogP contribution in [0.15, 0.2) is 24.3 Å². The minimum absolute atomic E-state index is 0.134. The molecular weight excluding hydrogens is 226 g/mol. The van der Waals surface area contributed by atoms with Gasteiger partial charge in [0.1, 0.15) is 5.75 Å². The Morgan fingerprint density at radius 3 is 2.67 bits per heavy atom. The molecule has 0 N–H and O–H groups in total. The van der Waals surface area contributed by atoms with Gasteiger partial charge in [0.05, 0.1) is 30.8 Å². The van der Waals surface area contributed by atoms with E-state index in [0.29, 0.717) is 6.10 Å². The lowest BCUT2D eigenvalue weighted by molar-refractivity contribution is 0.0787. The van der Waals surface area contributed by atoms with Crippen LogP contribution in [0.5, 0.6) is 5.75 Å². The van der Waals surface area contributed by atoms with E-state index in [2.05, 4.69) is 6.07 Å². The molecule has 3 heteroatoms. The molecule has 1 aromatic carbocycles. The molecule has 1 aromatic rings. The van der Waals surface area contributed by atoms with Crippen molar-refractivity contribution >= 4 is 0 Å². The Kier molecular flexibility index (Phi) is 2.76. The van der Waals surface area contributed by atoms with Crippen LogP contribution in [0, 0.1) is 16.7 Å². The number of nitriles is 1. The van der Waals surface area contributed by atoms with Gasteiger partial charge in [0.15, 0.2) is 0 Å². The number of fused-ring (bicyclic) bond motifs is 2. The fraction of sp³-hybridized carbons (Fsp3) is 0.533. The summed E-state index contributed by atoms with van der Waals surface area (Å²) < 4.78 is 11.0. The maximum absolute atomic E-state index is 9.55. The van der Waals surface area contributed by atoms with Gasteiger partial charge in [-0.15, -0.1) is 0 Å². The zero-order valence-electron chi connectivity index (χ0n) is 10.6. The molecule has 0 saturated carbocycles. The molecule has 3 nitrogen and oxygen atoms in total. The summed E-state index contributed by atoms with van der Waals surface area (Å²) in [5.74, 6) is 0.856. The number of nitrogens with zero attached hydrogens (tertiary/aromatic N) is 1. The van der Waals surface area contributed by atoms with Crippen molar-refractivity contribution in [3.8, 4) is 11.8 Å². The van der Waals surface area contributed by atoms with Crippen molar-refractivity contribution in [3.05, 3.63) is 29.8 Å². The van der Waals surface area contributed by atoms with Crippen LogP contribution in [-0.4, -0.2) is 19.3 Å². The smallest absolute Gasteiger partial charge is 0.118 e. The molecule has 2 aliphatic heterocycles. The Morgan fingerprint density at radius 1 is 1.39 bits per heavy atom. The van der Waals surface area contributed by atoms with Gasteiger partial charge in [0.25, 0.3) is 0 Å². The van der Waals surface area contributed by atoms with Gasteiger partial charge in [-0.25, -0.2) is 0 Å². The van der Waals surface area contributed by atoms with E-state index in [1.54, 1.807) is 7.11 Å². The van der Waals surface area contributed by atoms with Gasteiger partial charge in [0, 0.05) is 0 Å². The predicted molar refractivity (Wildman–Crippen MR) is 67.3 cm³/mol. The maximum Gasteiger partial charge on any atom is 0.118 e. The minimum atomic E-state index is -0.308. The molecule has 0 aromatic heterocycles. The fourth-order valence-electron chi connectivity index (χ4n) is 3.25. The lowest BCUT2D eigenvalue weighted by Crippen LogP contribution is -2.33. The van der Waals surface area contributed by atoms with Crippen LogP contribution in [0.3, 0.4) is 0 Å². The first kappa shape index (κ1) is 11.6. The first-order chi connectivity index (χ1) is 8.75. The lowest BCUT2D eigenvalue weighted by Gasteiger charge is -2.28. The van der Waals surface area contributed by atoms with Crippen molar-refractivity contribution in [2.75, 3.05) is 7.11 Å². The Balaban J connectivity index is 1.80. The summed E-state index contributed by atoms with van der Waals surface area (Å²) in [6.07, 6.45) is 4.28. The van der Waals surface area contributed by atoms with Gasteiger partial charge in [0.2, 0.25) is 0 Å². The molecule has 2 saturated heterocycles. The Morgan fingerprint density at radius 2 is 2.17 bits per heavy atom. The normalized spacial score (nSPS) is 33.3. The van der Waals surface area contributed by atoms with Gasteiger partial charge < -0.3 is 9.47 Å². The summed E-state index contributed by atoms with van der Waals surface area (Å²) in [5, 5.41) is 9.55. The highest BCUT2D eigenvalue weighted by atomic mass is 16.5. The van der Waals surface area contributed by atoms with Crippen LogP contribution in [0.4, 0.5) is 0 Å². The third kappa shape index (κ3) is 1.77. The van der Waals surface area contributed by atoms with Crippen molar-refractivity contribution in [1.29, 1.82) is 5.26 Å². The SMILES string of the molecule is COc1ccc(CC2(C#N)CC3CCC2O3)cc1. The molecule has 0 aliphatic carbocycles. The first-order valence-corrected chi connectivity index (χ1v) is 6.45. The molecule has 0 radical (unpaired) electrons. The fourth-order valence-corrected chi connectivity index (χ4v) is 3.25. The topological polar surface area (TPSA) is 42.2 Å². The van der Waals surface area contributed by atoms with Crippen molar-refractivity contribution in [1.82, 2.24) is 0 Å². The number of methoxy groups -OCH3 is 1. The second-order valence-corrected chi connectivity index (χ2v) is 5.32. The van der Waals surface area contributed by atoms with Crippen molar-refractivity contribution in [3.63, 3.8) is 0 Å². The molecule has 0 spiro atoms. The van der Waals surface area contributed by atoms with E-state index in [1.807, 2.05) is 24.3 Å². The Bertz CT molecular complexity index is 476. The molecule has 3 atom stereocenters. The second kappa shape index (κ2) is 4.29. The van der Waals surface area contributed by atoms with Gasteiger partial charge in [-0.3, -0.25) is 0 Å². The van der Waals surface area contributed by atoms with Gasteiger partial charge in [-0.2, -0.15) is 5.26 Å². The summed E-state index contributed by atoms with van der Waals surface area (Å²) >= 11 is 0. The highest BCUT2D eigenvalue weighted by molar-refractivity contribution is 5.30. The van der Waals surface area contributed by atoms with Crippen LogP contribution >= 0.6 is 0 Å². The summed E-state index contributed by atoms with van der Waals surface area (Å²) in [5.41, 5.74) is 0.880. The number of hydrogen-bond donors (Lipinski definition) is 0. The van der Waals surface area contributed by atoms with E-state index in [-0.39, 0.29) is 11.5 Å². The highest BCUT2D eigenvalue weighted by Gasteiger charge is 2.52. The largest absolute Gasteiger partial charge is 0.497 e. The quantitative estimate of drug-likeness (QED) is 0.819. The molecular formula is C15H17NO2. The van der Waals surface area contributed by atoms with Gasteiger partial charge >= 0.3 is 0 Å². The number of benzene rings is 1. The molecule has 2 aliphatic rings. The first-order valence-electron chi connectivity index (χ1n) is 6.45.